The van der Waals surface area contributed by atoms with Gasteiger partial charge in [0.05, 0.1) is 17.7 Å². The van der Waals surface area contributed by atoms with Gasteiger partial charge in [0.15, 0.2) is 11.4 Å². The molecule has 6 nitrogen and oxygen atoms in total. The highest BCUT2D eigenvalue weighted by molar-refractivity contribution is 9.10. The number of halogens is 1. The molecule has 0 amide bonds. The molecule has 1 aromatic heterocycles. The lowest BCUT2D eigenvalue weighted by Gasteiger charge is -2.19. The number of esters is 1. The fourth-order valence-electron chi connectivity index (χ4n) is 2.27. The van der Waals surface area contributed by atoms with Crippen LogP contribution in [0.5, 0.6) is 5.75 Å². The van der Waals surface area contributed by atoms with Gasteiger partial charge in [-0.15, -0.1) is 0 Å². The SMILES string of the molecule is COC(=O)c1c(OCc2ccccc2)c(=O)c(Br)cn1CC(C)OC. The Labute approximate surface area is 154 Å². The number of methoxy groups -OCH3 is 2. The fourth-order valence-corrected chi connectivity index (χ4v) is 2.70. The van der Waals surface area contributed by atoms with Crippen LogP contribution in [0.4, 0.5) is 0 Å². The van der Waals surface area contributed by atoms with Crippen molar-refractivity contribution in [2.45, 2.75) is 26.2 Å². The van der Waals surface area contributed by atoms with Gasteiger partial charge in [-0.05, 0) is 28.4 Å². The van der Waals surface area contributed by atoms with E-state index in [0.29, 0.717) is 11.0 Å². The second-order valence-corrected chi connectivity index (χ2v) is 6.30. The van der Waals surface area contributed by atoms with Crippen molar-refractivity contribution in [2.24, 2.45) is 0 Å². The van der Waals surface area contributed by atoms with Crippen LogP contribution in [0.15, 0.2) is 45.8 Å². The van der Waals surface area contributed by atoms with Crippen molar-refractivity contribution in [1.29, 1.82) is 0 Å². The van der Waals surface area contributed by atoms with E-state index in [4.69, 9.17) is 14.2 Å². The first-order valence-electron chi connectivity index (χ1n) is 7.68. The normalized spacial score (nSPS) is 11.8. The second kappa shape index (κ2) is 8.82. The van der Waals surface area contributed by atoms with E-state index in [1.165, 1.54) is 7.11 Å². The van der Waals surface area contributed by atoms with Crippen LogP contribution >= 0.6 is 15.9 Å². The molecule has 1 heterocycles. The molecule has 0 saturated heterocycles. The number of rotatable bonds is 7. The average molecular weight is 410 g/mol. The number of nitrogens with zero attached hydrogens (tertiary/aromatic N) is 1. The van der Waals surface area contributed by atoms with Crippen LogP contribution in [-0.2, 0) is 22.6 Å². The summed E-state index contributed by atoms with van der Waals surface area (Å²) in [5.41, 5.74) is 0.544. The standard InChI is InChI=1S/C18H20BrNO5/c1-12(23-2)9-20-10-14(19)16(21)17(15(20)18(22)24-3)25-11-13-7-5-4-6-8-13/h4-8,10,12H,9,11H2,1-3H3. The third-order valence-electron chi connectivity index (χ3n) is 3.66. The zero-order valence-electron chi connectivity index (χ0n) is 14.3. The van der Waals surface area contributed by atoms with Crippen molar-refractivity contribution in [1.82, 2.24) is 4.57 Å². The average Bonchev–Trinajstić information content (AvgIpc) is 2.63. The quantitative estimate of drug-likeness (QED) is 0.657. The lowest BCUT2D eigenvalue weighted by atomic mass is 10.2. The largest absolute Gasteiger partial charge is 0.482 e. The Hall–Kier alpha value is -2.12. The van der Waals surface area contributed by atoms with Gasteiger partial charge in [-0.25, -0.2) is 4.79 Å². The molecule has 134 valence electrons. The van der Waals surface area contributed by atoms with Crippen molar-refractivity contribution < 1.29 is 19.0 Å². The van der Waals surface area contributed by atoms with E-state index in [1.807, 2.05) is 37.3 Å². The van der Waals surface area contributed by atoms with Gasteiger partial charge in [0.2, 0.25) is 5.43 Å². The van der Waals surface area contributed by atoms with Crippen LogP contribution in [0.25, 0.3) is 0 Å². The van der Waals surface area contributed by atoms with Crippen LogP contribution < -0.4 is 10.2 Å². The minimum Gasteiger partial charge on any atom is -0.482 e. The van der Waals surface area contributed by atoms with Crippen LogP contribution in [0.2, 0.25) is 0 Å². The Kier molecular flexibility index (Phi) is 6.78. The summed E-state index contributed by atoms with van der Waals surface area (Å²) in [4.78, 5) is 24.8. The minimum atomic E-state index is -0.643. The highest BCUT2D eigenvalue weighted by Crippen LogP contribution is 2.21. The van der Waals surface area contributed by atoms with E-state index in [1.54, 1.807) is 17.9 Å². The van der Waals surface area contributed by atoms with Crippen molar-refractivity contribution in [3.8, 4) is 5.75 Å². The monoisotopic (exact) mass is 409 g/mol. The maximum atomic E-state index is 12.5. The van der Waals surface area contributed by atoms with Gasteiger partial charge in [-0.2, -0.15) is 0 Å². The predicted octanol–water partition coefficient (Wildman–Crippen LogP) is 3.01. The summed E-state index contributed by atoms with van der Waals surface area (Å²) in [6.45, 7) is 2.38. The maximum Gasteiger partial charge on any atom is 0.358 e. The smallest absolute Gasteiger partial charge is 0.358 e. The lowest BCUT2D eigenvalue weighted by Crippen LogP contribution is -2.26. The van der Waals surface area contributed by atoms with Gasteiger partial charge in [-0.1, -0.05) is 30.3 Å². The molecule has 0 spiro atoms. The van der Waals surface area contributed by atoms with Gasteiger partial charge in [0.1, 0.15) is 6.61 Å². The summed E-state index contributed by atoms with van der Waals surface area (Å²) in [6, 6.07) is 9.39. The van der Waals surface area contributed by atoms with Crippen molar-refractivity contribution >= 4 is 21.9 Å². The Balaban J connectivity index is 2.47. The molecule has 0 saturated carbocycles. The molecule has 1 atom stereocenters. The first kappa shape index (κ1) is 19.2. The van der Waals surface area contributed by atoms with E-state index in [9.17, 15) is 9.59 Å². The lowest BCUT2D eigenvalue weighted by molar-refractivity contribution is 0.0568. The summed E-state index contributed by atoms with van der Waals surface area (Å²) < 4.78 is 17.7. The molecule has 0 aliphatic carbocycles. The summed E-state index contributed by atoms with van der Waals surface area (Å²) in [5.74, 6) is -0.690. The molecule has 0 radical (unpaired) electrons. The minimum absolute atomic E-state index is 0.0478. The Morgan fingerprint density at radius 3 is 2.52 bits per heavy atom. The van der Waals surface area contributed by atoms with E-state index in [-0.39, 0.29) is 24.2 Å². The number of carbonyl (C=O) groups excluding carboxylic acids is 1. The van der Waals surface area contributed by atoms with Crippen LogP contribution in [0, 0.1) is 0 Å². The number of aromatic nitrogens is 1. The predicted molar refractivity (Wildman–Crippen MR) is 97.0 cm³/mol. The zero-order valence-corrected chi connectivity index (χ0v) is 15.9. The molecular weight excluding hydrogens is 390 g/mol. The summed E-state index contributed by atoms with van der Waals surface area (Å²) in [7, 11) is 2.84. The maximum absolute atomic E-state index is 12.5. The van der Waals surface area contributed by atoms with Gasteiger partial charge in [0.25, 0.3) is 0 Å². The summed E-state index contributed by atoms with van der Waals surface area (Å²) in [5, 5.41) is 0. The molecule has 25 heavy (non-hydrogen) atoms. The summed E-state index contributed by atoms with van der Waals surface area (Å²) >= 11 is 3.23. The van der Waals surface area contributed by atoms with Crippen molar-refractivity contribution in [3.05, 3.63) is 62.5 Å². The number of carbonyl (C=O) groups is 1. The van der Waals surface area contributed by atoms with Crippen molar-refractivity contribution in [3.63, 3.8) is 0 Å². The van der Waals surface area contributed by atoms with Gasteiger partial charge in [0, 0.05) is 19.9 Å². The molecule has 0 N–H and O–H groups in total. The molecule has 2 aromatic rings. The molecule has 2 rings (SSSR count). The van der Waals surface area contributed by atoms with Crippen LogP contribution in [0.3, 0.4) is 0 Å². The van der Waals surface area contributed by atoms with E-state index in [2.05, 4.69) is 15.9 Å². The first-order chi connectivity index (χ1) is 12.0. The fraction of sp³-hybridized carbons (Fsp3) is 0.333. The van der Waals surface area contributed by atoms with Gasteiger partial charge in [-0.3, -0.25) is 4.79 Å². The number of hydrogen-bond donors (Lipinski definition) is 0. The van der Waals surface area contributed by atoms with E-state index >= 15 is 0 Å². The molecule has 0 fully saturated rings. The van der Waals surface area contributed by atoms with E-state index in [0.717, 1.165) is 5.56 Å². The molecule has 7 heteroatoms. The number of benzene rings is 1. The molecular formula is C18H20BrNO5. The van der Waals surface area contributed by atoms with Crippen LogP contribution in [-0.4, -0.2) is 30.9 Å². The topological polar surface area (TPSA) is 66.8 Å². The van der Waals surface area contributed by atoms with Crippen molar-refractivity contribution in [2.75, 3.05) is 14.2 Å². The second-order valence-electron chi connectivity index (χ2n) is 5.45. The van der Waals surface area contributed by atoms with E-state index < -0.39 is 11.4 Å². The Morgan fingerprint density at radius 1 is 1.24 bits per heavy atom. The number of hydrogen-bond acceptors (Lipinski definition) is 5. The molecule has 1 unspecified atom stereocenters. The third kappa shape index (κ3) is 4.70. The molecule has 1 aromatic carbocycles. The van der Waals surface area contributed by atoms with Gasteiger partial charge < -0.3 is 18.8 Å². The van der Waals surface area contributed by atoms with Gasteiger partial charge >= 0.3 is 5.97 Å². The zero-order chi connectivity index (χ0) is 18.4. The van der Waals surface area contributed by atoms with Crippen LogP contribution in [0.1, 0.15) is 23.0 Å². The Morgan fingerprint density at radius 2 is 1.92 bits per heavy atom. The number of pyridine rings is 1. The molecule has 0 bridgehead atoms. The third-order valence-corrected chi connectivity index (χ3v) is 4.22. The molecule has 0 aliphatic heterocycles. The molecule has 0 aliphatic rings. The highest BCUT2D eigenvalue weighted by Gasteiger charge is 2.24. The Bertz CT molecular complexity index is 788. The summed E-state index contributed by atoms with van der Waals surface area (Å²) in [6.07, 6.45) is 1.37. The first-order valence-corrected chi connectivity index (χ1v) is 8.48. The highest BCUT2D eigenvalue weighted by atomic mass is 79.9. The number of ether oxygens (including phenoxy) is 3.